The van der Waals surface area contributed by atoms with Gasteiger partial charge in [-0.15, -0.1) is 11.3 Å². The molecule has 0 atom stereocenters. The molecule has 1 aromatic heterocycles. The summed E-state index contributed by atoms with van der Waals surface area (Å²) in [5.41, 5.74) is 1.24. The van der Waals surface area contributed by atoms with Crippen molar-refractivity contribution in [2.75, 3.05) is 0 Å². The Balaban J connectivity index is 1.83. The van der Waals surface area contributed by atoms with Crippen molar-refractivity contribution in [3.05, 3.63) is 39.4 Å². The van der Waals surface area contributed by atoms with Gasteiger partial charge in [-0.2, -0.15) is 0 Å². The topological polar surface area (TPSA) is 70.4 Å². The molecule has 1 aliphatic rings. The van der Waals surface area contributed by atoms with Crippen LogP contribution in [0.1, 0.15) is 36.3 Å². The van der Waals surface area contributed by atoms with Gasteiger partial charge in [-0.3, -0.25) is 4.79 Å². The van der Waals surface area contributed by atoms with Crippen LogP contribution in [0.4, 0.5) is 0 Å². The van der Waals surface area contributed by atoms with Crippen LogP contribution in [0.5, 0.6) is 0 Å². The monoisotopic (exact) mass is 395 g/mol. The second kappa shape index (κ2) is 6.34. The largest absolute Gasteiger partial charge is 0.481 e. The van der Waals surface area contributed by atoms with Gasteiger partial charge in [0, 0.05) is 10.7 Å². The van der Waals surface area contributed by atoms with Gasteiger partial charge in [0.25, 0.3) is 0 Å². The van der Waals surface area contributed by atoms with Gasteiger partial charge in [0.2, 0.25) is 0 Å². The number of aliphatic carboxylic acids is 1. The Labute approximate surface area is 147 Å². The zero-order valence-electron chi connectivity index (χ0n) is 12.8. The summed E-state index contributed by atoms with van der Waals surface area (Å²) in [6, 6.07) is 6.18. The molecule has 0 aliphatic heterocycles. The molecular weight excluding hydrogens is 378 g/mol. The summed E-state index contributed by atoms with van der Waals surface area (Å²) < 4.78 is 1.02. The fourth-order valence-electron chi connectivity index (χ4n) is 3.06. The van der Waals surface area contributed by atoms with Crippen LogP contribution in [0, 0.1) is 12.8 Å². The fourth-order valence-corrected chi connectivity index (χ4v) is 4.71. The maximum absolute atomic E-state index is 11.1. The first-order valence-corrected chi connectivity index (χ1v) is 9.17. The number of carboxylic acid groups (broad SMARTS) is 1. The highest BCUT2D eigenvalue weighted by atomic mass is 79.9. The van der Waals surface area contributed by atoms with Crippen LogP contribution in [0.2, 0.25) is 0 Å². The summed E-state index contributed by atoms with van der Waals surface area (Å²) in [4.78, 5) is 16.5. The van der Waals surface area contributed by atoms with Crippen molar-refractivity contribution in [3.63, 3.8) is 0 Å². The minimum Gasteiger partial charge on any atom is -0.481 e. The van der Waals surface area contributed by atoms with Gasteiger partial charge in [-0.25, -0.2) is 4.98 Å². The number of carboxylic acids is 1. The van der Waals surface area contributed by atoms with Crippen LogP contribution in [0.3, 0.4) is 0 Å². The molecule has 0 radical (unpaired) electrons. The number of thiazole rings is 1. The van der Waals surface area contributed by atoms with E-state index in [1.165, 1.54) is 11.3 Å². The van der Waals surface area contributed by atoms with E-state index in [-0.39, 0.29) is 5.92 Å². The first-order chi connectivity index (χ1) is 10.9. The van der Waals surface area contributed by atoms with E-state index in [1.807, 2.05) is 19.1 Å². The molecule has 2 N–H and O–H groups in total. The maximum atomic E-state index is 11.1. The number of aryl methyl sites for hydroxylation is 1. The SMILES string of the molecule is Cc1cc(Br)cc(-c2cnc(C3(O)CCC(C(=O)O)CC3)s2)c1. The van der Waals surface area contributed by atoms with Crippen molar-refractivity contribution < 1.29 is 15.0 Å². The third-order valence-electron chi connectivity index (χ3n) is 4.39. The second-order valence-corrected chi connectivity index (χ2v) is 8.14. The van der Waals surface area contributed by atoms with E-state index in [0.29, 0.717) is 30.7 Å². The van der Waals surface area contributed by atoms with Crippen molar-refractivity contribution in [2.45, 2.75) is 38.2 Å². The lowest BCUT2D eigenvalue weighted by Gasteiger charge is -2.32. The van der Waals surface area contributed by atoms with E-state index >= 15 is 0 Å². The van der Waals surface area contributed by atoms with Crippen LogP contribution >= 0.6 is 27.3 Å². The highest BCUT2D eigenvalue weighted by molar-refractivity contribution is 9.10. The minimum atomic E-state index is -0.990. The molecule has 1 fully saturated rings. The molecule has 3 rings (SSSR count). The number of carbonyl (C=O) groups is 1. The smallest absolute Gasteiger partial charge is 0.306 e. The number of nitrogens with zero attached hydrogens (tertiary/aromatic N) is 1. The summed E-state index contributed by atoms with van der Waals surface area (Å²) in [5.74, 6) is -1.11. The van der Waals surface area contributed by atoms with Gasteiger partial charge in [-0.05, 0) is 55.9 Å². The predicted molar refractivity (Wildman–Crippen MR) is 93.5 cm³/mol. The van der Waals surface area contributed by atoms with Gasteiger partial charge in [0.05, 0.1) is 10.8 Å². The maximum Gasteiger partial charge on any atom is 0.306 e. The minimum absolute atomic E-state index is 0.345. The van der Waals surface area contributed by atoms with Crippen LogP contribution < -0.4 is 0 Å². The van der Waals surface area contributed by atoms with Crippen molar-refractivity contribution in [2.24, 2.45) is 5.92 Å². The quantitative estimate of drug-likeness (QED) is 0.810. The summed E-state index contributed by atoms with van der Waals surface area (Å²) in [7, 11) is 0. The molecule has 0 saturated heterocycles. The Morgan fingerprint density at radius 2 is 2.04 bits per heavy atom. The fraction of sp³-hybridized carbons (Fsp3) is 0.412. The molecule has 0 bridgehead atoms. The van der Waals surface area contributed by atoms with Crippen molar-refractivity contribution in [3.8, 4) is 10.4 Å². The number of hydrogen-bond donors (Lipinski definition) is 2. The Morgan fingerprint density at radius 1 is 1.35 bits per heavy atom. The average Bonchev–Trinajstić information content (AvgIpc) is 2.97. The van der Waals surface area contributed by atoms with E-state index < -0.39 is 11.6 Å². The van der Waals surface area contributed by atoms with Crippen molar-refractivity contribution in [1.29, 1.82) is 0 Å². The number of benzene rings is 1. The molecular formula is C17H18BrNO3S. The van der Waals surface area contributed by atoms with Crippen LogP contribution in [-0.4, -0.2) is 21.2 Å². The van der Waals surface area contributed by atoms with E-state index in [4.69, 9.17) is 5.11 Å². The van der Waals surface area contributed by atoms with Crippen molar-refractivity contribution in [1.82, 2.24) is 4.98 Å². The first kappa shape index (κ1) is 16.6. The predicted octanol–water partition coefficient (Wildman–Crippen LogP) is 4.34. The van der Waals surface area contributed by atoms with Gasteiger partial charge in [-0.1, -0.05) is 22.0 Å². The molecule has 1 aromatic carbocycles. The lowest BCUT2D eigenvalue weighted by atomic mass is 9.79. The summed E-state index contributed by atoms with van der Waals surface area (Å²) in [6.07, 6.45) is 3.69. The Morgan fingerprint density at radius 3 is 2.65 bits per heavy atom. The molecule has 0 amide bonds. The van der Waals surface area contributed by atoms with Crippen molar-refractivity contribution >= 4 is 33.2 Å². The van der Waals surface area contributed by atoms with Gasteiger partial charge < -0.3 is 10.2 Å². The average molecular weight is 396 g/mol. The molecule has 1 heterocycles. The molecule has 0 unspecified atom stereocenters. The Hall–Kier alpha value is -1.24. The Kier molecular flexibility index (Phi) is 4.58. The number of rotatable bonds is 3. The normalized spacial score (nSPS) is 24.6. The van der Waals surface area contributed by atoms with E-state index in [1.54, 1.807) is 6.20 Å². The summed E-state index contributed by atoms with van der Waals surface area (Å²) in [5, 5.41) is 20.6. The van der Waals surface area contributed by atoms with E-state index in [0.717, 1.165) is 20.5 Å². The molecule has 1 saturated carbocycles. The van der Waals surface area contributed by atoms with Gasteiger partial charge in [0.1, 0.15) is 10.6 Å². The van der Waals surface area contributed by atoms with Crippen LogP contribution in [0.15, 0.2) is 28.9 Å². The van der Waals surface area contributed by atoms with Gasteiger partial charge >= 0.3 is 5.97 Å². The lowest BCUT2D eigenvalue weighted by molar-refractivity contribution is -0.145. The lowest BCUT2D eigenvalue weighted by Crippen LogP contribution is -2.33. The molecule has 122 valence electrons. The number of hydrogen-bond acceptors (Lipinski definition) is 4. The summed E-state index contributed by atoms with van der Waals surface area (Å²) in [6.45, 7) is 2.04. The van der Waals surface area contributed by atoms with Gasteiger partial charge in [0.15, 0.2) is 0 Å². The molecule has 1 aliphatic carbocycles. The zero-order valence-corrected chi connectivity index (χ0v) is 15.2. The highest BCUT2D eigenvalue weighted by Gasteiger charge is 2.39. The third kappa shape index (κ3) is 3.49. The zero-order chi connectivity index (χ0) is 16.6. The third-order valence-corrected chi connectivity index (χ3v) is 6.09. The highest BCUT2D eigenvalue weighted by Crippen LogP contribution is 2.42. The van der Waals surface area contributed by atoms with Crippen LogP contribution in [-0.2, 0) is 10.4 Å². The van der Waals surface area contributed by atoms with E-state index in [2.05, 4.69) is 27.0 Å². The number of halogens is 1. The van der Waals surface area contributed by atoms with Crippen LogP contribution in [0.25, 0.3) is 10.4 Å². The summed E-state index contributed by atoms with van der Waals surface area (Å²) >= 11 is 4.99. The standard InChI is InChI=1S/C17H18BrNO3S/c1-10-6-12(8-13(18)7-10)14-9-19-16(23-14)17(22)4-2-11(3-5-17)15(20)21/h6-9,11,22H,2-5H2,1H3,(H,20,21). The first-order valence-electron chi connectivity index (χ1n) is 7.56. The van der Waals surface area contributed by atoms with E-state index in [9.17, 15) is 9.90 Å². The Bertz CT molecular complexity index is 715. The number of aliphatic hydroxyl groups is 1. The molecule has 6 heteroatoms. The second-order valence-electron chi connectivity index (χ2n) is 6.19. The molecule has 0 spiro atoms. The molecule has 2 aromatic rings. The molecule has 4 nitrogen and oxygen atoms in total. The number of aromatic nitrogens is 1. The molecule has 23 heavy (non-hydrogen) atoms.